The Balaban J connectivity index is 2.73. The molecule has 0 unspecified atom stereocenters. The molecule has 0 aliphatic carbocycles. The second-order valence-electron chi connectivity index (χ2n) is 2.95. The fraction of sp³-hybridized carbons (Fsp3) is 0.444. The van der Waals surface area contributed by atoms with Gasteiger partial charge in [-0.1, -0.05) is 13.3 Å². The van der Waals surface area contributed by atoms with Crippen molar-refractivity contribution in [1.29, 1.82) is 0 Å². The van der Waals surface area contributed by atoms with Crippen LogP contribution >= 0.6 is 0 Å². The van der Waals surface area contributed by atoms with Crippen LogP contribution in [0.25, 0.3) is 0 Å². The average molecular weight is 165 g/mol. The summed E-state index contributed by atoms with van der Waals surface area (Å²) in [4.78, 5) is 3.98. The number of nitrogens with two attached hydrogens (primary N) is 2. The van der Waals surface area contributed by atoms with Gasteiger partial charge in [0.05, 0.1) is 5.69 Å². The smallest absolute Gasteiger partial charge is 0.0503 e. The van der Waals surface area contributed by atoms with Crippen LogP contribution in [-0.2, 0) is 0 Å². The third kappa shape index (κ3) is 2.20. The Labute approximate surface area is 72.8 Å². The van der Waals surface area contributed by atoms with Crippen molar-refractivity contribution in [3.63, 3.8) is 0 Å². The molecule has 3 heteroatoms. The third-order valence-electron chi connectivity index (χ3n) is 1.81. The molecule has 1 heterocycles. The van der Waals surface area contributed by atoms with Gasteiger partial charge in [0.1, 0.15) is 0 Å². The van der Waals surface area contributed by atoms with Crippen LogP contribution in [-0.4, -0.2) is 4.98 Å². The number of aromatic nitrogens is 1. The zero-order valence-electron chi connectivity index (χ0n) is 7.33. The van der Waals surface area contributed by atoms with Crippen molar-refractivity contribution in [1.82, 2.24) is 4.98 Å². The first kappa shape index (κ1) is 9.00. The predicted molar refractivity (Wildman–Crippen MR) is 50.5 cm³/mol. The molecule has 0 amide bonds. The fourth-order valence-corrected chi connectivity index (χ4v) is 1.16. The van der Waals surface area contributed by atoms with Gasteiger partial charge in [0.2, 0.25) is 0 Å². The van der Waals surface area contributed by atoms with Crippen molar-refractivity contribution in [2.24, 2.45) is 5.73 Å². The molecule has 1 aromatic rings. The van der Waals surface area contributed by atoms with Crippen LogP contribution in [0.4, 0.5) is 5.69 Å². The molecule has 1 aromatic heterocycles. The monoisotopic (exact) mass is 165 g/mol. The van der Waals surface area contributed by atoms with Gasteiger partial charge in [-0.25, -0.2) is 0 Å². The first-order chi connectivity index (χ1) is 5.74. The van der Waals surface area contributed by atoms with Gasteiger partial charge in [-0.2, -0.15) is 0 Å². The summed E-state index contributed by atoms with van der Waals surface area (Å²) < 4.78 is 0. The second kappa shape index (κ2) is 4.07. The molecule has 0 radical (unpaired) electrons. The van der Waals surface area contributed by atoms with Crippen LogP contribution in [0.5, 0.6) is 0 Å². The summed E-state index contributed by atoms with van der Waals surface area (Å²) in [5.41, 5.74) is 13.2. The van der Waals surface area contributed by atoms with E-state index in [1.807, 2.05) is 6.07 Å². The van der Waals surface area contributed by atoms with E-state index in [4.69, 9.17) is 11.5 Å². The highest BCUT2D eigenvalue weighted by atomic mass is 14.7. The maximum Gasteiger partial charge on any atom is 0.0503 e. The van der Waals surface area contributed by atoms with E-state index in [0.717, 1.165) is 18.4 Å². The standard InChI is InChI=1S/C9H15N3/c1-2-3-9(11)7-4-8(10)6-12-5-7/h4-6,9H,2-3,10-11H2,1H3/t9-/m0/s1. The van der Waals surface area contributed by atoms with E-state index < -0.39 is 0 Å². The minimum Gasteiger partial charge on any atom is -0.397 e. The van der Waals surface area contributed by atoms with E-state index in [1.165, 1.54) is 0 Å². The fourth-order valence-electron chi connectivity index (χ4n) is 1.16. The van der Waals surface area contributed by atoms with Crippen LogP contribution < -0.4 is 11.5 Å². The molecule has 0 bridgehead atoms. The molecule has 0 spiro atoms. The molecule has 0 saturated heterocycles. The Kier molecular flexibility index (Phi) is 3.05. The average Bonchev–Trinajstić information content (AvgIpc) is 2.05. The summed E-state index contributed by atoms with van der Waals surface area (Å²) in [5, 5.41) is 0. The molecule has 1 atom stereocenters. The molecule has 3 nitrogen and oxygen atoms in total. The van der Waals surface area contributed by atoms with Gasteiger partial charge in [0.15, 0.2) is 0 Å². The topological polar surface area (TPSA) is 64.9 Å². The van der Waals surface area contributed by atoms with Gasteiger partial charge >= 0.3 is 0 Å². The van der Waals surface area contributed by atoms with Crippen molar-refractivity contribution >= 4 is 5.69 Å². The molecule has 66 valence electrons. The Hall–Kier alpha value is -1.09. The summed E-state index contributed by atoms with van der Waals surface area (Å²) in [6.45, 7) is 2.11. The summed E-state index contributed by atoms with van der Waals surface area (Å²) >= 11 is 0. The Morgan fingerprint density at radius 3 is 2.83 bits per heavy atom. The lowest BCUT2D eigenvalue weighted by Gasteiger charge is -2.09. The van der Waals surface area contributed by atoms with Crippen LogP contribution in [0, 0.1) is 0 Å². The molecule has 0 aliphatic heterocycles. The lowest BCUT2D eigenvalue weighted by Crippen LogP contribution is -2.10. The van der Waals surface area contributed by atoms with Gasteiger partial charge in [0, 0.05) is 18.4 Å². The quantitative estimate of drug-likeness (QED) is 0.712. The summed E-state index contributed by atoms with van der Waals surface area (Å²) in [5.74, 6) is 0. The molecule has 1 rings (SSSR count). The van der Waals surface area contributed by atoms with E-state index in [1.54, 1.807) is 12.4 Å². The first-order valence-electron chi connectivity index (χ1n) is 4.20. The molecule has 0 aliphatic rings. The van der Waals surface area contributed by atoms with Gasteiger partial charge < -0.3 is 11.5 Å². The number of nitrogen functional groups attached to an aromatic ring is 1. The van der Waals surface area contributed by atoms with Crippen LogP contribution in [0.1, 0.15) is 31.4 Å². The van der Waals surface area contributed by atoms with Gasteiger partial charge in [0.25, 0.3) is 0 Å². The predicted octanol–water partition coefficient (Wildman–Crippen LogP) is 1.46. The van der Waals surface area contributed by atoms with Crippen LogP contribution in [0.3, 0.4) is 0 Å². The summed E-state index contributed by atoms with van der Waals surface area (Å²) in [6, 6.07) is 1.96. The minimum absolute atomic E-state index is 0.0750. The molecule has 4 N–H and O–H groups in total. The Morgan fingerprint density at radius 1 is 1.50 bits per heavy atom. The molecule has 0 aromatic carbocycles. The first-order valence-corrected chi connectivity index (χ1v) is 4.20. The van der Waals surface area contributed by atoms with Crippen molar-refractivity contribution < 1.29 is 0 Å². The highest BCUT2D eigenvalue weighted by molar-refractivity contribution is 5.37. The third-order valence-corrected chi connectivity index (χ3v) is 1.81. The number of rotatable bonds is 3. The van der Waals surface area contributed by atoms with E-state index in [-0.39, 0.29) is 6.04 Å². The largest absolute Gasteiger partial charge is 0.397 e. The maximum atomic E-state index is 5.88. The Morgan fingerprint density at radius 2 is 2.25 bits per heavy atom. The zero-order valence-corrected chi connectivity index (χ0v) is 7.33. The number of pyridine rings is 1. The highest BCUT2D eigenvalue weighted by Gasteiger charge is 2.04. The second-order valence-corrected chi connectivity index (χ2v) is 2.95. The van der Waals surface area contributed by atoms with E-state index in [9.17, 15) is 0 Å². The highest BCUT2D eigenvalue weighted by Crippen LogP contribution is 2.16. The molecular weight excluding hydrogens is 150 g/mol. The van der Waals surface area contributed by atoms with Crippen LogP contribution in [0.15, 0.2) is 18.5 Å². The lowest BCUT2D eigenvalue weighted by atomic mass is 10.1. The number of anilines is 1. The van der Waals surface area contributed by atoms with Crippen molar-refractivity contribution in [2.75, 3.05) is 5.73 Å². The van der Waals surface area contributed by atoms with E-state index in [0.29, 0.717) is 5.69 Å². The van der Waals surface area contributed by atoms with Gasteiger partial charge in [-0.3, -0.25) is 4.98 Å². The normalized spacial score (nSPS) is 12.8. The zero-order chi connectivity index (χ0) is 8.97. The molecular formula is C9H15N3. The summed E-state index contributed by atoms with van der Waals surface area (Å²) in [6.07, 6.45) is 5.46. The molecule has 0 saturated carbocycles. The number of hydrogen-bond donors (Lipinski definition) is 2. The van der Waals surface area contributed by atoms with E-state index >= 15 is 0 Å². The summed E-state index contributed by atoms with van der Waals surface area (Å²) in [7, 11) is 0. The number of hydrogen-bond acceptors (Lipinski definition) is 3. The molecule has 0 fully saturated rings. The van der Waals surface area contributed by atoms with Crippen LogP contribution in [0.2, 0.25) is 0 Å². The molecule has 12 heavy (non-hydrogen) atoms. The van der Waals surface area contributed by atoms with Crippen molar-refractivity contribution in [2.45, 2.75) is 25.8 Å². The van der Waals surface area contributed by atoms with Crippen molar-refractivity contribution in [3.8, 4) is 0 Å². The van der Waals surface area contributed by atoms with E-state index in [2.05, 4.69) is 11.9 Å². The van der Waals surface area contributed by atoms with Gasteiger partial charge in [-0.15, -0.1) is 0 Å². The number of nitrogens with zero attached hydrogens (tertiary/aromatic N) is 1. The maximum absolute atomic E-state index is 5.88. The Bertz CT molecular complexity index is 247. The SMILES string of the molecule is CCC[C@H](N)c1cncc(N)c1. The van der Waals surface area contributed by atoms with Gasteiger partial charge in [-0.05, 0) is 18.1 Å². The lowest BCUT2D eigenvalue weighted by molar-refractivity contribution is 0.636. The minimum atomic E-state index is 0.0750. The van der Waals surface area contributed by atoms with Crippen molar-refractivity contribution in [3.05, 3.63) is 24.0 Å².